The number of hydrogen-bond acceptors (Lipinski definition) is 6. The highest BCUT2D eigenvalue weighted by Crippen LogP contribution is 2.47. The molecule has 1 saturated heterocycles. The van der Waals surface area contributed by atoms with E-state index in [1.165, 1.54) is 35.2 Å². The maximum atomic E-state index is 13.9. The highest BCUT2D eigenvalue weighted by molar-refractivity contribution is 5.64. The van der Waals surface area contributed by atoms with Gasteiger partial charge in [-0.15, -0.1) is 5.10 Å². The first-order valence-electron chi connectivity index (χ1n) is 9.49. The minimum absolute atomic E-state index is 0.0986. The third-order valence-electron chi connectivity index (χ3n) is 5.35. The smallest absolute Gasteiger partial charge is 0.238 e. The molecular formula is C20H24FN5O2. The van der Waals surface area contributed by atoms with Crippen LogP contribution in [0.1, 0.15) is 38.2 Å². The Labute approximate surface area is 162 Å². The molecule has 0 amide bonds. The lowest BCUT2D eigenvalue weighted by Crippen LogP contribution is -2.21. The van der Waals surface area contributed by atoms with E-state index in [1.807, 2.05) is 12.3 Å². The minimum atomic E-state index is -0.384. The van der Waals surface area contributed by atoms with E-state index in [0.29, 0.717) is 23.5 Å². The van der Waals surface area contributed by atoms with Crippen LogP contribution in [0.25, 0.3) is 16.9 Å². The number of rotatable bonds is 2. The molecule has 1 aliphatic heterocycles. The molecule has 1 unspecified atom stereocenters. The molecule has 0 radical (unpaired) electrons. The van der Waals surface area contributed by atoms with E-state index in [0.717, 1.165) is 19.4 Å². The lowest BCUT2D eigenvalue weighted by atomic mass is 10.0. The summed E-state index contributed by atoms with van der Waals surface area (Å²) in [4.78, 5) is 8.28. The van der Waals surface area contributed by atoms with Gasteiger partial charge in [0.15, 0.2) is 5.82 Å². The van der Waals surface area contributed by atoms with Crippen LogP contribution in [0.3, 0.4) is 0 Å². The van der Waals surface area contributed by atoms with Crippen LogP contribution in [0.4, 0.5) is 10.3 Å². The second kappa shape index (κ2) is 7.44. The van der Waals surface area contributed by atoms with Gasteiger partial charge in [-0.2, -0.15) is 0 Å². The van der Waals surface area contributed by atoms with Crippen molar-refractivity contribution in [1.82, 2.24) is 19.6 Å². The molecule has 4 heterocycles. The minimum Gasteiger partial charge on any atom is -0.391 e. The highest BCUT2D eigenvalue weighted by atomic mass is 19.1. The van der Waals surface area contributed by atoms with Crippen molar-refractivity contribution in [3.05, 3.63) is 42.0 Å². The molecule has 148 valence electrons. The van der Waals surface area contributed by atoms with Crippen LogP contribution in [0, 0.1) is 5.82 Å². The van der Waals surface area contributed by atoms with Gasteiger partial charge in [0.2, 0.25) is 5.95 Å². The fourth-order valence-corrected chi connectivity index (χ4v) is 3.25. The Bertz CT molecular complexity index is 963. The van der Waals surface area contributed by atoms with E-state index in [4.69, 9.17) is 15.6 Å². The number of aliphatic hydroxyl groups is 1. The zero-order chi connectivity index (χ0) is 19.7. The maximum absolute atomic E-state index is 13.9. The van der Waals surface area contributed by atoms with E-state index in [2.05, 4.69) is 28.1 Å². The van der Waals surface area contributed by atoms with Crippen LogP contribution < -0.4 is 5.73 Å². The van der Waals surface area contributed by atoms with Crippen LogP contribution >= 0.6 is 0 Å². The number of aromatic nitrogens is 4. The molecule has 1 atom stereocenters. The first-order valence-corrected chi connectivity index (χ1v) is 9.49. The first kappa shape index (κ1) is 18.8. The molecule has 8 heteroatoms. The van der Waals surface area contributed by atoms with Crippen molar-refractivity contribution in [1.29, 1.82) is 0 Å². The van der Waals surface area contributed by atoms with Gasteiger partial charge in [-0.05, 0) is 42.7 Å². The van der Waals surface area contributed by atoms with Crippen LogP contribution in [0.15, 0.2) is 30.6 Å². The standard InChI is InChI=1S/C15H14FN5.C5H10O2/c1-15(4-5-15)9-2-3-11(18-7-9)12-6-10(16)13-8-19-14(17)20-21(12)13;6-5-2-1-3-7-4-5/h2-3,6-8H,4-5H2,1H3,(H2,17,20);5-6H,1-4H2. The molecule has 0 bridgehead atoms. The van der Waals surface area contributed by atoms with Gasteiger partial charge in [0, 0.05) is 18.9 Å². The van der Waals surface area contributed by atoms with E-state index in [1.54, 1.807) is 0 Å². The second-order valence-electron chi connectivity index (χ2n) is 7.65. The largest absolute Gasteiger partial charge is 0.391 e. The van der Waals surface area contributed by atoms with Crippen LogP contribution in [0.5, 0.6) is 0 Å². The molecule has 7 nitrogen and oxygen atoms in total. The topological polar surface area (TPSA) is 98.6 Å². The summed E-state index contributed by atoms with van der Waals surface area (Å²) in [5, 5.41) is 12.8. The van der Waals surface area contributed by atoms with Gasteiger partial charge in [-0.1, -0.05) is 13.0 Å². The molecule has 2 aliphatic rings. The number of nitrogens with zero attached hydrogens (tertiary/aromatic N) is 4. The number of anilines is 1. The van der Waals surface area contributed by atoms with Crippen molar-refractivity contribution in [2.24, 2.45) is 0 Å². The maximum Gasteiger partial charge on any atom is 0.238 e. The summed E-state index contributed by atoms with van der Waals surface area (Å²) in [6.07, 6.45) is 7.38. The van der Waals surface area contributed by atoms with E-state index < -0.39 is 0 Å². The Hall–Kier alpha value is -2.58. The summed E-state index contributed by atoms with van der Waals surface area (Å²) in [6.45, 7) is 3.60. The number of nitrogen functional groups attached to an aromatic ring is 1. The molecule has 3 N–H and O–H groups in total. The van der Waals surface area contributed by atoms with Crippen LogP contribution in [-0.2, 0) is 10.2 Å². The number of hydrogen-bond donors (Lipinski definition) is 2. The van der Waals surface area contributed by atoms with Gasteiger partial charge in [0.25, 0.3) is 0 Å². The zero-order valence-corrected chi connectivity index (χ0v) is 15.8. The molecule has 28 heavy (non-hydrogen) atoms. The van der Waals surface area contributed by atoms with Crippen molar-refractivity contribution in [3.63, 3.8) is 0 Å². The number of aliphatic hydroxyl groups excluding tert-OH is 1. The lowest BCUT2D eigenvalue weighted by Gasteiger charge is -2.15. The summed E-state index contributed by atoms with van der Waals surface area (Å²) in [7, 11) is 0. The molecule has 0 spiro atoms. The van der Waals surface area contributed by atoms with Gasteiger partial charge in [-0.3, -0.25) is 4.98 Å². The highest BCUT2D eigenvalue weighted by Gasteiger charge is 2.39. The molecule has 0 aromatic carbocycles. The van der Waals surface area contributed by atoms with Crippen LogP contribution in [0.2, 0.25) is 0 Å². The number of ether oxygens (including phenoxy) is 1. The van der Waals surface area contributed by atoms with Gasteiger partial charge in [0.1, 0.15) is 5.52 Å². The number of pyridine rings is 1. The second-order valence-corrected chi connectivity index (χ2v) is 7.65. The summed E-state index contributed by atoms with van der Waals surface area (Å²) >= 11 is 0. The quantitative estimate of drug-likeness (QED) is 0.704. The van der Waals surface area contributed by atoms with Gasteiger partial charge in [-0.25, -0.2) is 13.9 Å². The molecule has 3 aromatic heterocycles. The predicted octanol–water partition coefficient (Wildman–Crippen LogP) is 2.72. The van der Waals surface area contributed by atoms with Crippen molar-refractivity contribution >= 4 is 11.5 Å². The molecule has 2 fully saturated rings. The van der Waals surface area contributed by atoms with Gasteiger partial charge in [0.05, 0.1) is 30.3 Å². The first-order chi connectivity index (χ1) is 13.5. The number of fused-ring (bicyclic) bond motifs is 1. The summed E-state index contributed by atoms with van der Waals surface area (Å²) in [6, 6.07) is 5.36. The monoisotopic (exact) mass is 385 g/mol. The van der Waals surface area contributed by atoms with Crippen molar-refractivity contribution in [2.45, 2.75) is 44.1 Å². The third kappa shape index (κ3) is 3.83. The molecular weight excluding hydrogens is 361 g/mol. The Morgan fingerprint density at radius 3 is 2.68 bits per heavy atom. The fraction of sp³-hybridized carbons (Fsp3) is 0.450. The Kier molecular flexibility index (Phi) is 4.99. The Balaban J connectivity index is 0.000000233. The van der Waals surface area contributed by atoms with Gasteiger partial charge < -0.3 is 15.6 Å². The van der Waals surface area contributed by atoms with Crippen molar-refractivity contribution in [2.75, 3.05) is 18.9 Å². The SMILES string of the molecule is CC1(c2ccc(-c3cc(F)c4cnc(N)nn34)nc2)CC1.OC1CCCOC1. The molecule has 1 saturated carbocycles. The number of halogens is 1. The van der Waals surface area contributed by atoms with Crippen molar-refractivity contribution in [3.8, 4) is 11.4 Å². The lowest BCUT2D eigenvalue weighted by molar-refractivity contribution is -0.00535. The zero-order valence-electron chi connectivity index (χ0n) is 15.8. The average Bonchev–Trinajstić information content (AvgIpc) is 3.37. The summed E-state index contributed by atoms with van der Waals surface area (Å²) < 4.78 is 20.3. The average molecular weight is 385 g/mol. The van der Waals surface area contributed by atoms with Gasteiger partial charge >= 0.3 is 0 Å². The predicted molar refractivity (Wildman–Crippen MR) is 103 cm³/mol. The molecule has 3 aromatic rings. The third-order valence-corrected chi connectivity index (χ3v) is 5.35. The summed E-state index contributed by atoms with van der Waals surface area (Å²) in [5.41, 5.74) is 8.61. The molecule has 1 aliphatic carbocycles. The van der Waals surface area contributed by atoms with E-state index >= 15 is 0 Å². The summed E-state index contributed by atoms with van der Waals surface area (Å²) in [5.74, 6) is -0.286. The van der Waals surface area contributed by atoms with Crippen molar-refractivity contribution < 1.29 is 14.2 Å². The Morgan fingerprint density at radius 2 is 2.11 bits per heavy atom. The fourth-order valence-electron chi connectivity index (χ4n) is 3.25. The van der Waals surface area contributed by atoms with E-state index in [-0.39, 0.29) is 23.3 Å². The molecule has 5 rings (SSSR count). The Morgan fingerprint density at radius 1 is 1.29 bits per heavy atom. The normalized spacial score (nSPS) is 20.5. The number of nitrogens with two attached hydrogens (primary N) is 1. The van der Waals surface area contributed by atoms with Crippen LogP contribution in [-0.4, -0.2) is 44.0 Å². The van der Waals surface area contributed by atoms with E-state index in [9.17, 15) is 4.39 Å².